The number of allylic oxidation sites excluding steroid dienone is 12. The summed E-state index contributed by atoms with van der Waals surface area (Å²) >= 11 is 0. The predicted molar refractivity (Wildman–Crippen MR) is 267 cm³/mol. The van der Waals surface area contributed by atoms with Gasteiger partial charge in [-0.15, -0.1) is 0 Å². The van der Waals surface area contributed by atoms with Crippen LogP contribution < -0.4 is 0 Å². The number of rotatable bonds is 36. The highest BCUT2D eigenvalue weighted by molar-refractivity contribution is 5.86. The molecule has 62 heavy (non-hydrogen) atoms. The van der Waals surface area contributed by atoms with Gasteiger partial charge in [-0.1, -0.05) is 189 Å². The summed E-state index contributed by atoms with van der Waals surface area (Å²) in [6.45, 7) is 13.5. The topological polar surface area (TPSA) is 48.0 Å². The molecule has 1 heterocycles. The van der Waals surface area contributed by atoms with Gasteiger partial charge in [-0.3, -0.25) is 0 Å². The molecule has 0 spiro atoms. The van der Waals surface area contributed by atoms with Gasteiger partial charge in [0.15, 0.2) is 5.79 Å². The van der Waals surface area contributed by atoms with Crippen molar-refractivity contribution in [3.05, 3.63) is 114 Å². The summed E-state index contributed by atoms with van der Waals surface area (Å²) in [5.41, 5.74) is 4.64. The van der Waals surface area contributed by atoms with E-state index in [2.05, 4.69) is 105 Å². The summed E-state index contributed by atoms with van der Waals surface area (Å²) in [7, 11) is 0. The number of unbranched alkanes of at least 4 members (excludes halogenated alkanes) is 18. The molecule has 346 valence electrons. The number of ether oxygens (including phenoxy) is 3. The lowest BCUT2D eigenvalue weighted by Gasteiger charge is -2.41. The molecule has 1 fully saturated rings. The van der Waals surface area contributed by atoms with E-state index in [-0.39, 0.29) is 12.0 Å². The molecule has 0 saturated carbocycles. The van der Waals surface area contributed by atoms with E-state index in [1.165, 1.54) is 140 Å². The minimum atomic E-state index is -0.629. The van der Waals surface area contributed by atoms with Gasteiger partial charge in [0.2, 0.25) is 0 Å². The normalized spacial score (nSPS) is 16.6. The molecular formula is C57H89NO4. The lowest BCUT2D eigenvalue weighted by atomic mass is 9.96. The molecule has 0 N–H and O–H groups in total. The zero-order valence-electron chi connectivity index (χ0n) is 39.9. The van der Waals surface area contributed by atoms with E-state index < -0.39 is 5.79 Å². The maximum atomic E-state index is 13.5. The number of piperidine rings is 1. The zero-order chi connectivity index (χ0) is 44.2. The molecule has 1 aliphatic carbocycles. The van der Waals surface area contributed by atoms with Gasteiger partial charge in [-0.2, -0.15) is 0 Å². The summed E-state index contributed by atoms with van der Waals surface area (Å²) in [6.07, 6.45) is 55.3. The van der Waals surface area contributed by atoms with Crippen LogP contribution in [0.2, 0.25) is 0 Å². The second-order valence-electron chi connectivity index (χ2n) is 17.6. The van der Waals surface area contributed by atoms with Crippen molar-refractivity contribution < 1.29 is 19.0 Å². The van der Waals surface area contributed by atoms with Gasteiger partial charge in [0.25, 0.3) is 0 Å². The van der Waals surface area contributed by atoms with Gasteiger partial charge in [-0.25, -0.2) is 4.79 Å². The van der Waals surface area contributed by atoms with Crippen LogP contribution in [0.3, 0.4) is 0 Å². The van der Waals surface area contributed by atoms with Crippen LogP contribution in [0.15, 0.2) is 103 Å². The van der Waals surface area contributed by atoms with Crippen LogP contribution in [-0.2, 0) is 14.2 Å². The molecule has 1 saturated heterocycles. The Labute approximate surface area is 380 Å². The number of nitrogens with zero attached hydrogens (tertiary/aromatic N) is 1. The van der Waals surface area contributed by atoms with Crippen LogP contribution in [0.1, 0.15) is 205 Å². The number of amides is 1. The monoisotopic (exact) mass is 852 g/mol. The van der Waals surface area contributed by atoms with Crippen molar-refractivity contribution in [3.63, 3.8) is 0 Å². The quantitative estimate of drug-likeness (QED) is 0.0383. The summed E-state index contributed by atoms with van der Waals surface area (Å²) in [4.78, 5) is 15.3. The SMILES string of the molecule is C=CC1=C(C=CC)C(COC(=O)N2CCC(OCCCCCCCCC=CCC=CCCCCC)(OCCCCCCCCC=CCC=CCCCCC)CC2)c2ccccc21. The Kier molecular flexibility index (Phi) is 29.9. The van der Waals surface area contributed by atoms with Gasteiger partial charge in [0, 0.05) is 31.8 Å². The summed E-state index contributed by atoms with van der Waals surface area (Å²) in [6, 6.07) is 8.39. The third-order valence-electron chi connectivity index (χ3n) is 12.4. The van der Waals surface area contributed by atoms with E-state index in [1.54, 1.807) is 0 Å². The fraction of sp³-hybridized carbons (Fsp3) is 0.632. The Bertz CT molecular complexity index is 1450. The van der Waals surface area contributed by atoms with Crippen molar-refractivity contribution in [3.8, 4) is 0 Å². The summed E-state index contributed by atoms with van der Waals surface area (Å²) in [5, 5.41) is 0. The Morgan fingerprint density at radius 3 is 1.61 bits per heavy atom. The second kappa shape index (κ2) is 35.0. The van der Waals surface area contributed by atoms with E-state index in [0.717, 1.165) is 36.8 Å². The minimum Gasteiger partial charge on any atom is -0.448 e. The molecule has 5 heteroatoms. The first kappa shape index (κ1) is 52.9. The maximum absolute atomic E-state index is 13.5. The lowest BCUT2D eigenvalue weighted by molar-refractivity contribution is -0.256. The molecule has 1 aromatic rings. The number of benzene rings is 1. The first-order valence-electron chi connectivity index (χ1n) is 25.5. The third kappa shape index (κ3) is 21.8. The van der Waals surface area contributed by atoms with Crippen molar-refractivity contribution in [2.45, 2.75) is 199 Å². The Morgan fingerprint density at radius 2 is 1.13 bits per heavy atom. The smallest absolute Gasteiger partial charge is 0.409 e. The molecule has 3 rings (SSSR count). The summed E-state index contributed by atoms with van der Waals surface area (Å²) < 4.78 is 19.3. The van der Waals surface area contributed by atoms with Crippen molar-refractivity contribution in [2.75, 3.05) is 32.9 Å². The molecule has 1 aliphatic heterocycles. The standard InChI is InChI=1S/C57H89NO4/c1-5-9-11-13-15-17-19-21-23-25-27-29-31-33-35-39-48-61-57(62-49-40-36-34-32-30-28-26-24-22-20-18-16-14-12-10-6-2)44-46-58(47-45-57)56(59)60-50-55-52(41-7-3)51(8-4)53-42-37-38-43-54(53)55/h7-8,15-18,21-24,37-38,41-43,55H,4-6,9-14,19-20,25-36,39-40,44-50H2,1-3H3. The van der Waals surface area contributed by atoms with Crippen molar-refractivity contribution in [1.29, 1.82) is 0 Å². The van der Waals surface area contributed by atoms with E-state index in [1.807, 2.05) is 17.9 Å². The van der Waals surface area contributed by atoms with Crippen molar-refractivity contribution in [2.24, 2.45) is 0 Å². The first-order valence-corrected chi connectivity index (χ1v) is 25.5. The van der Waals surface area contributed by atoms with Crippen LogP contribution in [0, 0.1) is 0 Å². The van der Waals surface area contributed by atoms with Crippen molar-refractivity contribution >= 4 is 11.7 Å². The van der Waals surface area contributed by atoms with Gasteiger partial charge in [-0.05, 0) is 106 Å². The van der Waals surface area contributed by atoms with Crippen LogP contribution >= 0.6 is 0 Å². The molecule has 2 aliphatic rings. The van der Waals surface area contributed by atoms with Gasteiger partial charge >= 0.3 is 6.09 Å². The van der Waals surface area contributed by atoms with Crippen molar-refractivity contribution in [1.82, 2.24) is 4.90 Å². The van der Waals surface area contributed by atoms with E-state index in [0.29, 0.717) is 45.8 Å². The number of likely N-dealkylation sites (tertiary alicyclic amines) is 1. The zero-order valence-corrected chi connectivity index (χ0v) is 39.9. The second-order valence-corrected chi connectivity index (χ2v) is 17.6. The summed E-state index contributed by atoms with van der Waals surface area (Å²) in [5.74, 6) is -0.631. The van der Waals surface area contributed by atoms with E-state index in [4.69, 9.17) is 14.2 Å². The fourth-order valence-electron chi connectivity index (χ4n) is 8.65. The minimum absolute atomic E-state index is 0.00155. The first-order chi connectivity index (χ1) is 30.6. The van der Waals surface area contributed by atoms with Crippen LogP contribution in [0.25, 0.3) is 5.57 Å². The van der Waals surface area contributed by atoms with Gasteiger partial charge in [0.05, 0.1) is 13.2 Å². The highest BCUT2D eigenvalue weighted by atomic mass is 16.7. The molecule has 1 aromatic carbocycles. The molecule has 0 aromatic heterocycles. The molecular weight excluding hydrogens is 763 g/mol. The van der Waals surface area contributed by atoms with Crippen LogP contribution in [-0.4, -0.2) is 49.7 Å². The molecule has 1 amide bonds. The molecule has 5 nitrogen and oxygen atoms in total. The average Bonchev–Trinajstić information content (AvgIpc) is 3.59. The molecule has 0 radical (unpaired) electrons. The third-order valence-corrected chi connectivity index (χ3v) is 12.4. The van der Waals surface area contributed by atoms with Gasteiger partial charge < -0.3 is 19.1 Å². The van der Waals surface area contributed by atoms with Crippen LogP contribution in [0.4, 0.5) is 4.79 Å². The van der Waals surface area contributed by atoms with Gasteiger partial charge in [0.1, 0.15) is 6.61 Å². The lowest BCUT2D eigenvalue weighted by Crippen LogP contribution is -2.50. The highest BCUT2D eigenvalue weighted by Crippen LogP contribution is 2.43. The predicted octanol–water partition coefficient (Wildman–Crippen LogP) is 16.9. The highest BCUT2D eigenvalue weighted by Gasteiger charge is 2.39. The number of hydrogen-bond donors (Lipinski definition) is 0. The molecule has 1 unspecified atom stereocenters. The fourth-order valence-corrected chi connectivity index (χ4v) is 8.65. The Balaban J connectivity index is 1.38. The number of carbonyl (C=O) groups is 1. The van der Waals surface area contributed by atoms with E-state index >= 15 is 0 Å². The van der Waals surface area contributed by atoms with Crippen LogP contribution in [0.5, 0.6) is 0 Å². The molecule has 1 atom stereocenters. The number of fused-ring (bicyclic) bond motifs is 1. The Morgan fingerprint density at radius 1 is 0.661 bits per heavy atom. The Hall–Kier alpha value is -3.41. The van der Waals surface area contributed by atoms with E-state index in [9.17, 15) is 4.79 Å². The maximum Gasteiger partial charge on any atom is 0.409 e. The largest absolute Gasteiger partial charge is 0.448 e. The number of hydrogen-bond acceptors (Lipinski definition) is 4. The molecule has 0 bridgehead atoms. The average molecular weight is 852 g/mol. The number of carbonyl (C=O) groups excluding carboxylic acids is 1.